The van der Waals surface area contributed by atoms with Gasteiger partial charge >= 0.3 is 0 Å². The van der Waals surface area contributed by atoms with Gasteiger partial charge in [-0.25, -0.2) is 9.97 Å². The van der Waals surface area contributed by atoms with Gasteiger partial charge in [0, 0.05) is 30.7 Å². The Morgan fingerprint density at radius 2 is 1.82 bits per heavy atom. The van der Waals surface area contributed by atoms with Crippen molar-refractivity contribution in [3.63, 3.8) is 0 Å². The molecule has 6 heteroatoms. The zero-order valence-electron chi connectivity index (χ0n) is 20.3. The Morgan fingerprint density at radius 3 is 2.59 bits per heavy atom. The summed E-state index contributed by atoms with van der Waals surface area (Å²) in [5.74, 6) is 1.03. The predicted octanol–water partition coefficient (Wildman–Crippen LogP) is 6.72. The molecule has 34 heavy (non-hydrogen) atoms. The lowest BCUT2D eigenvalue weighted by Crippen LogP contribution is -2.30. The minimum atomic E-state index is -0.0318. The Hall–Kier alpha value is -3.93. The molecule has 1 amide bonds. The molecule has 0 aliphatic rings. The van der Waals surface area contributed by atoms with Gasteiger partial charge in [0.05, 0.1) is 5.39 Å². The maximum atomic E-state index is 13.4. The molecule has 6 nitrogen and oxygen atoms in total. The molecule has 2 aromatic carbocycles. The maximum Gasteiger partial charge on any atom is 0.257 e. The first-order valence-corrected chi connectivity index (χ1v) is 11.8. The Labute approximate surface area is 201 Å². The lowest BCUT2D eigenvalue weighted by Gasteiger charge is -2.22. The third-order valence-corrected chi connectivity index (χ3v) is 5.51. The number of aromatic nitrogens is 3. The van der Waals surface area contributed by atoms with E-state index in [0.717, 1.165) is 28.6 Å². The van der Waals surface area contributed by atoms with Crippen LogP contribution >= 0.6 is 0 Å². The van der Waals surface area contributed by atoms with Crippen molar-refractivity contribution in [1.29, 1.82) is 0 Å². The van der Waals surface area contributed by atoms with Gasteiger partial charge in [-0.05, 0) is 35.2 Å². The van der Waals surface area contributed by atoms with Crippen LogP contribution in [0.3, 0.4) is 0 Å². The monoisotopic (exact) mass is 455 g/mol. The number of hydrogen-bond acceptors (Lipinski definition) is 4. The summed E-state index contributed by atoms with van der Waals surface area (Å²) in [7, 11) is 0. The van der Waals surface area contributed by atoms with Crippen LogP contribution in [-0.4, -0.2) is 32.3 Å². The lowest BCUT2D eigenvalue weighted by atomic mass is 10.0. The van der Waals surface area contributed by atoms with Gasteiger partial charge in [-0.2, -0.15) is 0 Å². The van der Waals surface area contributed by atoms with Gasteiger partial charge in [0.25, 0.3) is 5.91 Å². The molecular formula is C28H33N5O. The van der Waals surface area contributed by atoms with Gasteiger partial charge < -0.3 is 15.2 Å². The Balaban J connectivity index is 0.00000158. The fourth-order valence-corrected chi connectivity index (χ4v) is 3.50. The van der Waals surface area contributed by atoms with E-state index in [-0.39, 0.29) is 5.91 Å². The first kappa shape index (κ1) is 24.7. The van der Waals surface area contributed by atoms with Crippen molar-refractivity contribution in [2.24, 2.45) is 5.92 Å². The minimum absolute atomic E-state index is 0.0318. The standard InChI is InChI=1S/C26H27N5O.C2H6/c1-3-19(2)17-31(15-14-28-25-23-12-13-27-24(23)29-18-30-25)26(32)22-11-7-10-21(16-22)20-8-5-4-6-9-20;1-2/h4-16,18-19H,3,17H2,1-2H3,(H2,27,28,29,30);1-2H3/b15-14+;. The average Bonchev–Trinajstić information content (AvgIpc) is 3.39. The van der Waals surface area contributed by atoms with Crippen LogP contribution in [0.4, 0.5) is 5.82 Å². The summed E-state index contributed by atoms with van der Waals surface area (Å²) in [5, 5.41) is 4.09. The van der Waals surface area contributed by atoms with E-state index in [0.29, 0.717) is 23.8 Å². The summed E-state index contributed by atoms with van der Waals surface area (Å²) >= 11 is 0. The highest BCUT2D eigenvalue weighted by Gasteiger charge is 2.16. The summed E-state index contributed by atoms with van der Waals surface area (Å²) in [6.45, 7) is 8.91. The topological polar surface area (TPSA) is 73.9 Å². The van der Waals surface area contributed by atoms with Gasteiger partial charge in [-0.15, -0.1) is 0 Å². The molecule has 2 N–H and O–H groups in total. The molecule has 176 valence electrons. The van der Waals surface area contributed by atoms with Gasteiger partial charge in [0.2, 0.25) is 0 Å². The van der Waals surface area contributed by atoms with Crippen molar-refractivity contribution in [1.82, 2.24) is 19.9 Å². The molecule has 0 saturated heterocycles. The Kier molecular flexibility index (Phi) is 8.97. The minimum Gasteiger partial charge on any atom is -0.346 e. The van der Waals surface area contributed by atoms with Gasteiger partial charge in [0.15, 0.2) is 0 Å². The van der Waals surface area contributed by atoms with Crippen LogP contribution in [0.5, 0.6) is 0 Å². The van der Waals surface area contributed by atoms with Crippen molar-refractivity contribution in [2.45, 2.75) is 34.1 Å². The Morgan fingerprint density at radius 1 is 1.06 bits per heavy atom. The maximum absolute atomic E-state index is 13.4. The van der Waals surface area contributed by atoms with E-state index >= 15 is 0 Å². The number of H-pyrrole nitrogens is 1. The summed E-state index contributed by atoms with van der Waals surface area (Å²) in [6, 6.07) is 19.8. The van der Waals surface area contributed by atoms with Crippen LogP contribution in [0, 0.1) is 5.92 Å². The molecule has 0 bridgehead atoms. The number of carbonyl (C=O) groups excluding carboxylic acids is 1. The average molecular weight is 456 g/mol. The first-order chi connectivity index (χ1) is 16.7. The molecule has 0 radical (unpaired) electrons. The van der Waals surface area contributed by atoms with Crippen molar-refractivity contribution in [3.8, 4) is 11.1 Å². The molecule has 0 fully saturated rings. The van der Waals surface area contributed by atoms with E-state index in [4.69, 9.17) is 0 Å². The molecule has 0 saturated carbocycles. The predicted molar refractivity (Wildman–Crippen MR) is 140 cm³/mol. The fourth-order valence-electron chi connectivity index (χ4n) is 3.50. The van der Waals surface area contributed by atoms with Crippen molar-refractivity contribution in [2.75, 3.05) is 11.9 Å². The number of carbonyl (C=O) groups is 1. The van der Waals surface area contributed by atoms with Crippen LogP contribution in [0.25, 0.3) is 22.2 Å². The van der Waals surface area contributed by atoms with Crippen LogP contribution in [0.1, 0.15) is 44.5 Å². The second-order valence-electron chi connectivity index (χ2n) is 7.84. The number of benzene rings is 2. The molecular weight excluding hydrogens is 422 g/mol. The van der Waals surface area contributed by atoms with Gasteiger partial charge in [0.1, 0.15) is 17.8 Å². The molecule has 4 aromatic rings. The number of aromatic amines is 1. The molecule has 0 aliphatic heterocycles. The smallest absolute Gasteiger partial charge is 0.257 e. The quantitative estimate of drug-likeness (QED) is 0.309. The molecule has 4 rings (SSSR count). The first-order valence-electron chi connectivity index (χ1n) is 11.8. The SMILES string of the molecule is CC.CCC(C)CN(/C=C/Nc1ncnc2[nH]ccc12)C(=O)c1cccc(-c2ccccc2)c1. The lowest BCUT2D eigenvalue weighted by molar-refractivity contribution is 0.0804. The second-order valence-corrected chi connectivity index (χ2v) is 7.84. The molecule has 0 aliphatic carbocycles. The van der Waals surface area contributed by atoms with Crippen LogP contribution in [0.2, 0.25) is 0 Å². The number of nitrogens with zero attached hydrogens (tertiary/aromatic N) is 3. The highest BCUT2D eigenvalue weighted by Crippen LogP contribution is 2.22. The number of amides is 1. The highest BCUT2D eigenvalue weighted by atomic mass is 16.2. The summed E-state index contributed by atoms with van der Waals surface area (Å²) in [6.07, 6.45) is 7.88. The van der Waals surface area contributed by atoms with Gasteiger partial charge in [-0.1, -0.05) is 76.6 Å². The zero-order chi connectivity index (χ0) is 24.3. The van der Waals surface area contributed by atoms with Crippen LogP contribution in [-0.2, 0) is 0 Å². The van der Waals surface area contributed by atoms with E-state index in [1.54, 1.807) is 17.3 Å². The fraction of sp³-hybridized carbons (Fsp3) is 0.250. The Bertz CT molecular complexity index is 1220. The van der Waals surface area contributed by atoms with E-state index in [9.17, 15) is 4.79 Å². The number of nitrogens with one attached hydrogen (secondary N) is 2. The van der Waals surface area contributed by atoms with Crippen LogP contribution in [0.15, 0.2) is 85.6 Å². The van der Waals surface area contributed by atoms with Gasteiger partial charge in [-0.3, -0.25) is 4.79 Å². The van der Waals surface area contributed by atoms with E-state index in [1.807, 2.05) is 80.7 Å². The number of fused-ring (bicyclic) bond motifs is 1. The van der Waals surface area contributed by atoms with Crippen LogP contribution < -0.4 is 5.32 Å². The number of rotatable bonds is 8. The molecule has 2 aromatic heterocycles. The molecule has 2 heterocycles. The van der Waals surface area contributed by atoms with Crippen molar-refractivity contribution < 1.29 is 4.79 Å². The summed E-state index contributed by atoms with van der Waals surface area (Å²) in [5.41, 5.74) is 3.54. The number of anilines is 1. The second kappa shape index (κ2) is 12.3. The highest BCUT2D eigenvalue weighted by molar-refractivity contribution is 5.96. The molecule has 1 atom stereocenters. The summed E-state index contributed by atoms with van der Waals surface area (Å²) in [4.78, 5) is 26.8. The van der Waals surface area contributed by atoms with Crippen molar-refractivity contribution >= 4 is 22.8 Å². The molecule has 1 unspecified atom stereocenters. The van der Waals surface area contributed by atoms with E-state index in [2.05, 4.69) is 34.1 Å². The van der Waals surface area contributed by atoms with Crippen molar-refractivity contribution in [3.05, 3.63) is 91.2 Å². The van der Waals surface area contributed by atoms with E-state index in [1.165, 1.54) is 6.33 Å². The summed E-state index contributed by atoms with van der Waals surface area (Å²) < 4.78 is 0. The third-order valence-electron chi connectivity index (χ3n) is 5.51. The van der Waals surface area contributed by atoms with E-state index < -0.39 is 0 Å². The normalized spacial score (nSPS) is 11.6. The molecule has 0 spiro atoms. The number of hydrogen-bond donors (Lipinski definition) is 2. The zero-order valence-corrected chi connectivity index (χ0v) is 20.3. The third kappa shape index (κ3) is 6.10. The largest absolute Gasteiger partial charge is 0.346 e.